The van der Waals surface area contributed by atoms with E-state index in [2.05, 4.69) is 25.5 Å². The van der Waals surface area contributed by atoms with Gasteiger partial charge in [0.2, 0.25) is 0 Å². The molecule has 0 bridgehead atoms. The third-order valence-corrected chi connectivity index (χ3v) is 4.08. The van der Waals surface area contributed by atoms with Crippen molar-refractivity contribution in [3.05, 3.63) is 29.0 Å². The molecule has 0 aliphatic heterocycles. The third-order valence-electron chi connectivity index (χ3n) is 3.44. The number of hydrogen-bond donors (Lipinski definition) is 1. The smallest absolute Gasteiger partial charge is 0.410 e. The van der Waals surface area contributed by atoms with Gasteiger partial charge in [0, 0.05) is 24.1 Å². The summed E-state index contributed by atoms with van der Waals surface area (Å²) in [5.74, 6) is 0. The topological polar surface area (TPSA) is 67.6 Å². The number of imidazole rings is 1. The van der Waals surface area contributed by atoms with E-state index in [9.17, 15) is 9.90 Å². The molecule has 132 valence electrons. The van der Waals surface area contributed by atoms with Crippen molar-refractivity contribution in [1.82, 2.24) is 14.5 Å². The minimum absolute atomic E-state index is 0.0845. The molecule has 0 aliphatic carbocycles. The van der Waals surface area contributed by atoms with Gasteiger partial charge in [0.05, 0.1) is 24.0 Å². The monoisotopic (exact) mass is 397 g/mol. The number of aliphatic hydroxyl groups is 1. The van der Waals surface area contributed by atoms with Crippen LogP contribution in [-0.4, -0.2) is 50.9 Å². The lowest BCUT2D eigenvalue weighted by atomic mass is 10.2. The molecule has 0 saturated heterocycles. The fraction of sp³-hybridized carbons (Fsp3) is 0.529. The zero-order valence-corrected chi connectivity index (χ0v) is 15.9. The maximum absolute atomic E-state index is 12.2. The third kappa shape index (κ3) is 4.95. The highest BCUT2D eigenvalue weighted by Crippen LogP contribution is 2.23. The Kier molecular flexibility index (Phi) is 6.23. The van der Waals surface area contributed by atoms with Crippen molar-refractivity contribution in [2.75, 3.05) is 19.7 Å². The van der Waals surface area contributed by atoms with Crippen molar-refractivity contribution >= 4 is 33.1 Å². The molecule has 1 aromatic heterocycles. The van der Waals surface area contributed by atoms with Gasteiger partial charge in [-0.1, -0.05) is 6.07 Å². The highest BCUT2D eigenvalue weighted by atomic mass is 79.9. The Balaban J connectivity index is 1.98. The molecule has 2 rings (SSSR count). The van der Waals surface area contributed by atoms with Gasteiger partial charge in [-0.25, -0.2) is 9.78 Å². The Labute approximate surface area is 150 Å². The number of para-hydroxylation sites is 1. The fourth-order valence-electron chi connectivity index (χ4n) is 2.43. The molecule has 0 atom stereocenters. The molecule has 7 heteroatoms. The zero-order chi connectivity index (χ0) is 17.7. The van der Waals surface area contributed by atoms with Crippen LogP contribution in [0.4, 0.5) is 4.79 Å². The number of rotatable bonds is 6. The van der Waals surface area contributed by atoms with Crippen molar-refractivity contribution in [3.8, 4) is 0 Å². The van der Waals surface area contributed by atoms with Gasteiger partial charge in [-0.3, -0.25) is 0 Å². The summed E-state index contributed by atoms with van der Waals surface area (Å²) in [7, 11) is 0. The molecule has 0 saturated carbocycles. The summed E-state index contributed by atoms with van der Waals surface area (Å²) < 4.78 is 8.44. The van der Waals surface area contributed by atoms with Crippen LogP contribution in [0, 0.1) is 0 Å². The quantitative estimate of drug-likeness (QED) is 0.810. The van der Waals surface area contributed by atoms with Gasteiger partial charge in [-0.2, -0.15) is 0 Å². The SMILES string of the molecule is CC(C)(C)OC(=O)N(CCO)CCCn1cnc2cccc(Br)c21. The lowest BCUT2D eigenvalue weighted by Gasteiger charge is -2.27. The summed E-state index contributed by atoms with van der Waals surface area (Å²) in [5.41, 5.74) is 1.43. The molecule has 6 nitrogen and oxygen atoms in total. The molecule has 1 amide bonds. The number of aliphatic hydroxyl groups excluding tert-OH is 1. The van der Waals surface area contributed by atoms with E-state index in [0.29, 0.717) is 6.54 Å². The number of carbonyl (C=O) groups is 1. The first-order valence-corrected chi connectivity index (χ1v) is 8.79. The summed E-state index contributed by atoms with van der Waals surface area (Å²) in [4.78, 5) is 18.1. The summed E-state index contributed by atoms with van der Waals surface area (Å²) in [5, 5.41) is 9.17. The second-order valence-corrected chi connectivity index (χ2v) is 7.44. The fourth-order valence-corrected chi connectivity index (χ4v) is 3.01. The molecule has 0 radical (unpaired) electrons. The van der Waals surface area contributed by atoms with Gasteiger partial charge in [-0.15, -0.1) is 0 Å². The standard InChI is InChI=1S/C17H24BrN3O3/c1-17(2,3)24-16(23)20(10-11-22)8-5-9-21-12-19-14-7-4-6-13(18)15(14)21/h4,6-7,12,22H,5,8-11H2,1-3H3. The van der Waals surface area contributed by atoms with Crippen LogP contribution >= 0.6 is 15.9 Å². The van der Waals surface area contributed by atoms with Crippen LogP contribution in [-0.2, 0) is 11.3 Å². The lowest BCUT2D eigenvalue weighted by Crippen LogP contribution is -2.39. The number of halogens is 1. The van der Waals surface area contributed by atoms with Gasteiger partial charge >= 0.3 is 6.09 Å². The van der Waals surface area contributed by atoms with E-state index in [0.717, 1.165) is 28.5 Å². The molecule has 24 heavy (non-hydrogen) atoms. The highest BCUT2D eigenvalue weighted by Gasteiger charge is 2.21. The molecule has 1 aromatic carbocycles. The maximum atomic E-state index is 12.2. The first-order chi connectivity index (χ1) is 11.3. The minimum atomic E-state index is -0.545. The van der Waals surface area contributed by atoms with Crippen molar-refractivity contribution in [2.24, 2.45) is 0 Å². The Hall–Kier alpha value is -1.60. The van der Waals surface area contributed by atoms with E-state index in [-0.39, 0.29) is 13.2 Å². The van der Waals surface area contributed by atoms with Gasteiger partial charge in [0.25, 0.3) is 0 Å². The second kappa shape index (κ2) is 7.98. The summed E-state index contributed by atoms with van der Waals surface area (Å²) in [6, 6.07) is 5.91. The highest BCUT2D eigenvalue weighted by molar-refractivity contribution is 9.10. The predicted molar refractivity (Wildman–Crippen MR) is 96.9 cm³/mol. The number of benzene rings is 1. The number of fused-ring (bicyclic) bond motifs is 1. The van der Waals surface area contributed by atoms with Crippen LogP contribution < -0.4 is 0 Å². The first-order valence-electron chi connectivity index (χ1n) is 8.00. The summed E-state index contributed by atoms with van der Waals surface area (Å²) in [6.07, 6.45) is 2.15. The molecule has 0 aliphatic rings. The van der Waals surface area contributed by atoms with Crippen molar-refractivity contribution < 1.29 is 14.6 Å². The Bertz CT molecular complexity index is 694. The van der Waals surface area contributed by atoms with Gasteiger partial charge in [0.1, 0.15) is 5.60 Å². The lowest BCUT2D eigenvalue weighted by molar-refractivity contribution is 0.0215. The predicted octanol–water partition coefficient (Wildman–Crippen LogP) is 3.42. The van der Waals surface area contributed by atoms with E-state index in [1.165, 1.54) is 0 Å². The number of ether oxygens (including phenoxy) is 1. The van der Waals surface area contributed by atoms with Crippen LogP contribution in [0.1, 0.15) is 27.2 Å². The molecule has 1 N–H and O–H groups in total. The van der Waals surface area contributed by atoms with E-state index in [1.807, 2.05) is 39.0 Å². The maximum Gasteiger partial charge on any atom is 0.410 e. The van der Waals surface area contributed by atoms with Crippen molar-refractivity contribution in [1.29, 1.82) is 0 Å². The Morgan fingerprint density at radius 3 is 2.79 bits per heavy atom. The van der Waals surface area contributed by atoms with Crippen molar-refractivity contribution in [2.45, 2.75) is 39.3 Å². The first kappa shape index (κ1) is 18.7. The molecule has 0 unspecified atom stereocenters. The number of aryl methyl sites for hydroxylation is 1. The number of hydrogen-bond acceptors (Lipinski definition) is 4. The van der Waals surface area contributed by atoms with E-state index in [1.54, 1.807) is 11.2 Å². The van der Waals surface area contributed by atoms with Crippen LogP contribution in [0.15, 0.2) is 29.0 Å². The number of aromatic nitrogens is 2. The molecule has 0 fully saturated rings. The Morgan fingerprint density at radius 1 is 1.38 bits per heavy atom. The average Bonchev–Trinajstić information content (AvgIpc) is 2.89. The van der Waals surface area contributed by atoms with E-state index >= 15 is 0 Å². The molecule has 1 heterocycles. The number of carbonyl (C=O) groups excluding carboxylic acids is 1. The van der Waals surface area contributed by atoms with Gasteiger partial charge in [0.15, 0.2) is 0 Å². The molecular formula is C17H24BrN3O3. The zero-order valence-electron chi connectivity index (χ0n) is 14.3. The van der Waals surface area contributed by atoms with E-state index < -0.39 is 11.7 Å². The van der Waals surface area contributed by atoms with Crippen LogP contribution in [0.2, 0.25) is 0 Å². The summed E-state index contributed by atoms with van der Waals surface area (Å²) in [6.45, 7) is 6.91. The Morgan fingerprint density at radius 2 is 2.12 bits per heavy atom. The second-order valence-electron chi connectivity index (χ2n) is 6.59. The average molecular weight is 398 g/mol. The van der Waals surface area contributed by atoms with Gasteiger partial charge in [-0.05, 0) is 55.3 Å². The minimum Gasteiger partial charge on any atom is -0.444 e. The van der Waals surface area contributed by atoms with Crippen LogP contribution in [0.25, 0.3) is 11.0 Å². The van der Waals surface area contributed by atoms with Crippen LogP contribution in [0.5, 0.6) is 0 Å². The van der Waals surface area contributed by atoms with Crippen molar-refractivity contribution in [3.63, 3.8) is 0 Å². The molecule has 0 spiro atoms. The normalized spacial score (nSPS) is 11.7. The van der Waals surface area contributed by atoms with Crippen LogP contribution in [0.3, 0.4) is 0 Å². The summed E-state index contributed by atoms with van der Waals surface area (Å²) >= 11 is 3.55. The number of nitrogens with zero attached hydrogens (tertiary/aromatic N) is 3. The molecular weight excluding hydrogens is 374 g/mol. The largest absolute Gasteiger partial charge is 0.444 e. The van der Waals surface area contributed by atoms with E-state index in [4.69, 9.17) is 4.74 Å². The number of amides is 1. The van der Waals surface area contributed by atoms with Gasteiger partial charge < -0.3 is 19.3 Å². The molecule has 2 aromatic rings.